The first-order chi connectivity index (χ1) is 14.2. The van der Waals surface area contributed by atoms with Gasteiger partial charge in [0.2, 0.25) is 0 Å². The molecule has 2 heterocycles. The van der Waals surface area contributed by atoms with Gasteiger partial charge in [0.15, 0.2) is 5.82 Å². The van der Waals surface area contributed by atoms with Crippen molar-refractivity contribution in [2.45, 2.75) is 31.8 Å². The van der Waals surface area contributed by atoms with Crippen molar-refractivity contribution in [2.24, 2.45) is 23.0 Å². The van der Waals surface area contributed by atoms with E-state index in [1.807, 2.05) is 0 Å². The molecule has 30 heavy (non-hydrogen) atoms. The average molecular weight is 421 g/mol. The van der Waals surface area contributed by atoms with Gasteiger partial charge in [-0.1, -0.05) is 6.08 Å². The first-order valence-corrected chi connectivity index (χ1v) is 10.1. The highest BCUT2D eigenvalue weighted by Gasteiger charge is 2.56. The van der Waals surface area contributed by atoms with E-state index in [1.54, 1.807) is 17.0 Å². The minimum absolute atomic E-state index is 0.105. The van der Waals surface area contributed by atoms with Crippen molar-refractivity contribution in [2.75, 3.05) is 37.0 Å². The summed E-state index contributed by atoms with van der Waals surface area (Å²) in [6, 6.07) is 3.54. The molecule has 1 aliphatic heterocycles. The van der Waals surface area contributed by atoms with Crippen LogP contribution in [0.3, 0.4) is 0 Å². The Kier molecular flexibility index (Phi) is 5.21. The van der Waals surface area contributed by atoms with Gasteiger partial charge in [0.05, 0.1) is 16.7 Å². The third-order valence-electron chi connectivity index (χ3n) is 6.19. The van der Waals surface area contributed by atoms with Gasteiger partial charge in [0, 0.05) is 39.0 Å². The number of likely N-dealkylation sites (tertiary alicyclic amines) is 1. The Morgan fingerprint density at radius 3 is 2.80 bits per heavy atom. The molecule has 1 saturated heterocycles. The lowest BCUT2D eigenvalue weighted by atomic mass is 9.99. The van der Waals surface area contributed by atoms with Crippen LogP contribution in [0.2, 0.25) is 0 Å². The molecule has 4 rings (SSSR count). The maximum atomic E-state index is 13.1. The molecule has 0 bridgehead atoms. The van der Waals surface area contributed by atoms with Gasteiger partial charge in [0.1, 0.15) is 6.10 Å². The number of amides is 1. The maximum Gasteiger partial charge on any atom is 0.253 e. The van der Waals surface area contributed by atoms with E-state index in [9.17, 15) is 23.6 Å². The van der Waals surface area contributed by atoms with Crippen molar-refractivity contribution in [1.29, 1.82) is 0 Å². The molecule has 2 N–H and O–H groups in total. The highest BCUT2D eigenvalue weighted by molar-refractivity contribution is 5.81. The van der Waals surface area contributed by atoms with Crippen LogP contribution in [0, 0.1) is 22.7 Å². The molecule has 3 aliphatic rings. The summed E-state index contributed by atoms with van der Waals surface area (Å²) in [6.07, 6.45) is 1.70. The van der Waals surface area contributed by atoms with Crippen LogP contribution >= 0.6 is 0 Å². The number of nitrogens with one attached hydrogen (secondary N) is 1. The number of alkyl halides is 2. The fraction of sp³-hybridized carbons (Fsp3) is 0.600. The summed E-state index contributed by atoms with van der Waals surface area (Å²) in [4.78, 5) is 29.3. The fourth-order valence-corrected chi connectivity index (χ4v) is 4.32. The lowest BCUT2D eigenvalue weighted by molar-refractivity contribution is -0.138. The number of carbonyl (C=O) groups is 1. The first kappa shape index (κ1) is 20.6. The van der Waals surface area contributed by atoms with Crippen molar-refractivity contribution < 1.29 is 18.7 Å². The lowest BCUT2D eigenvalue weighted by Crippen LogP contribution is -2.36. The first-order valence-electron chi connectivity index (χ1n) is 10.1. The molecular weight excluding hydrogens is 396 g/mol. The summed E-state index contributed by atoms with van der Waals surface area (Å²) < 4.78 is 26.3. The van der Waals surface area contributed by atoms with Gasteiger partial charge >= 0.3 is 0 Å². The number of aromatic nitrogens is 1. The number of fused-ring (bicyclic) bond motifs is 1. The van der Waals surface area contributed by atoms with Crippen LogP contribution in [-0.4, -0.2) is 59.6 Å². The number of allylic oxidation sites excluding steroid dienone is 1. The highest BCUT2D eigenvalue weighted by atomic mass is 19.3. The highest BCUT2D eigenvalue weighted by Crippen LogP contribution is 2.48. The number of halogens is 2. The number of anilines is 2. The van der Waals surface area contributed by atoms with E-state index in [-0.39, 0.29) is 36.5 Å². The largest absolute Gasteiger partial charge is 0.384 e. The topological polar surface area (TPSA) is 98.1 Å². The maximum absolute atomic E-state index is 13.1. The molecule has 2 fully saturated rings. The molecule has 1 saturated carbocycles. The molecule has 0 spiro atoms. The van der Waals surface area contributed by atoms with Crippen LogP contribution in [0.5, 0.6) is 0 Å². The van der Waals surface area contributed by atoms with Crippen molar-refractivity contribution in [3.8, 4) is 0 Å². The number of hydrogen-bond donors (Lipinski definition) is 2. The smallest absolute Gasteiger partial charge is 0.253 e. The number of carbonyl (C=O) groups excluding carboxylic acids is 1. The van der Waals surface area contributed by atoms with Crippen LogP contribution in [0.4, 0.5) is 20.3 Å². The monoisotopic (exact) mass is 421 g/mol. The second kappa shape index (κ2) is 7.57. The molecule has 8 nitrogen and oxygen atoms in total. The van der Waals surface area contributed by atoms with E-state index in [0.29, 0.717) is 24.5 Å². The molecule has 3 unspecified atom stereocenters. The average Bonchev–Trinajstić information content (AvgIpc) is 3.02. The second-order valence-electron chi connectivity index (χ2n) is 8.46. The van der Waals surface area contributed by atoms with Crippen molar-refractivity contribution in [1.82, 2.24) is 9.88 Å². The Bertz CT molecular complexity index is 891. The lowest BCUT2D eigenvalue weighted by Gasteiger charge is -2.19. The number of hydrogen-bond acceptors (Lipinski definition) is 6. The standard InChI is InChI=1S/C20H25F2N5O3/c1-11(28)19(29)27-9-13-5-12(6-14(13)10-27)16-3-4-17(18(24-16)26(2)25-30)23-8-15-7-20(15,21)22/h3-5,11,13-15,23,28H,6-10H2,1-2H3/t11-,13?,14?,15?/m0/s1. The molecular formula is C20H25F2N5O3. The molecule has 2 aliphatic carbocycles. The van der Waals surface area contributed by atoms with Crippen molar-refractivity contribution >= 4 is 23.0 Å². The van der Waals surface area contributed by atoms with E-state index in [0.717, 1.165) is 17.0 Å². The van der Waals surface area contributed by atoms with E-state index in [2.05, 4.69) is 21.7 Å². The number of nitroso groups, excluding NO2 is 1. The minimum atomic E-state index is -2.62. The van der Waals surface area contributed by atoms with Gasteiger partial charge in [-0.2, -0.15) is 0 Å². The predicted molar refractivity (Wildman–Crippen MR) is 108 cm³/mol. The van der Waals surface area contributed by atoms with Crippen molar-refractivity contribution in [3.63, 3.8) is 0 Å². The summed E-state index contributed by atoms with van der Waals surface area (Å²) in [5.41, 5.74) is 2.21. The normalized spacial score (nSPS) is 27.3. The Labute approximate surface area is 172 Å². The summed E-state index contributed by atoms with van der Waals surface area (Å²) in [6.45, 7) is 2.73. The molecule has 0 aromatic carbocycles. The molecule has 10 heteroatoms. The fourth-order valence-electron chi connectivity index (χ4n) is 4.32. The van der Waals surface area contributed by atoms with Crippen LogP contribution in [0.1, 0.15) is 25.5 Å². The Morgan fingerprint density at radius 1 is 1.47 bits per heavy atom. The molecule has 162 valence electrons. The molecule has 1 aromatic rings. The minimum Gasteiger partial charge on any atom is -0.384 e. The van der Waals surface area contributed by atoms with Gasteiger partial charge in [-0.25, -0.2) is 18.8 Å². The zero-order valence-electron chi connectivity index (χ0n) is 16.9. The third-order valence-corrected chi connectivity index (χ3v) is 6.19. The summed E-state index contributed by atoms with van der Waals surface area (Å²) >= 11 is 0. The van der Waals surface area contributed by atoms with Gasteiger partial charge in [0.25, 0.3) is 11.8 Å². The summed E-state index contributed by atoms with van der Waals surface area (Å²) in [5.74, 6) is -2.83. The number of nitrogens with zero attached hydrogens (tertiary/aromatic N) is 4. The Hall–Kier alpha value is -2.62. The number of pyridine rings is 1. The quantitative estimate of drug-likeness (QED) is 0.519. The molecule has 1 aromatic heterocycles. The van der Waals surface area contributed by atoms with Gasteiger partial charge < -0.3 is 15.3 Å². The number of rotatable bonds is 7. The van der Waals surface area contributed by atoms with E-state index >= 15 is 0 Å². The number of aliphatic hydroxyl groups is 1. The number of aliphatic hydroxyl groups excluding tert-OH is 1. The predicted octanol–water partition coefficient (Wildman–Crippen LogP) is 2.51. The van der Waals surface area contributed by atoms with Crippen LogP contribution in [0.15, 0.2) is 23.5 Å². The van der Waals surface area contributed by atoms with Gasteiger partial charge in [-0.15, -0.1) is 4.91 Å². The van der Waals surface area contributed by atoms with Crippen LogP contribution in [-0.2, 0) is 4.79 Å². The SMILES string of the molecule is C[C@H](O)C(=O)N1CC2C=C(c3ccc(NCC4CC4(F)F)c(N(C)N=O)n3)CC2C1. The van der Waals surface area contributed by atoms with Crippen molar-refractivity contribution in [3.05, 3.63) is 28.8 Å². The van der Waals surface area contributed by atoms with E-state index < -0.39 is 17.9 Å². The summed E-state index contributed by atoms with van der Waals surface area (Å²) in [7, 11) is 1.47. The zero-order valence-corrected chi connectivity index (χ0v) is 16.9. The van der Waals surface area contributed by atoms with Gasteiger partial charge in [-0.05, 0) is 42.9 Å². The molecule has 1 amide bonds. The Morgan fingerprint density at radius 2 is 2.20 bits per heavy atom. The second-order valence-corrected chi connectivity index (χ2v) is 8.46. The van der Waals surface area contributed by atoms with Crippen LogP contribution < -0.4 is 10.3 Å². The molecule has 0 radical (unpaired) electrons. The van der Waals surface area contributed by atoms with Crippen LogP contribution in [0.25, 0.3) is 5.57 Å². The van der Waals surface area contributed by atoms with E-state index in [1.165, 1.54) is 14.0 Å². The Balaban J connectivity index is 1.49. The zero-order chi connectivity index (χ0) is 21.6. The van der Waals surface area contributed by atoms with E-state index in [4.69, 9.17) is 0 Å². The third kappa shape index (κ3) is 3.88. The van der Waals surface area contributed by atoms with Gasteiger partial charge in [-0.3, -0.25) is 4.79 Å². The summed E-state index contributed by atoms with van der Waals surface area (Å²) in [5, 5.41) is 16.5. The molecule has 4 atom stereocenters.